The van der Waals surface area contributed by atoms with E-state index in [1.54, 1.807) is 16.0 Å². The molecule has 0 atom stereocenters. The fraction of sp³-hybridized carbons (Fsp3) is 0.125. The average Bonchev–Trinajstić information content (AvgIpc) is 2.63. The van der Waals surface area contributed by atoms with E-state index in [-0.39, 0.29) is 0 Å². The molecular weight excluding hydrogens is 170 g/mol. The molecule has 0 aliphatic rings. The molecule has 0 aliphatic heterocycles. The molecule has 0 aliphatic carbocycles. The van der Waals surface area contributed by atoms with Crippen molar-refractivity contribution in [2.75, 3.05) is 5.32 Å². The van der Waals surface area contributed by atoms with Crippen LogP contribution in [0.2, 0.25) is 0 Å². The number of nitrogens with one attached hydrogen (secondary N) is 1. The summed E-state index contributed by atoms with van der Waals surface area (Å²) in [5.41, 5.74) is 1.10. The number of hydrogen-bond donors (Lipinski definition) is 1. The average molecular weight is 179 g/mol. The number of anilines is 2. The van der Waals surface area contributed by atoms with Crippen molar-refractivity contribution in [2.45, 2.75) is 0 Å². The Morgan fingerprint density at radius 3 is 3.00 bits per heavy atom. The number of hydrogen-bond acceptors (Lipinski definition) is 3. The smallest absolute Gasteiger partial charge is 0.152 e. The fourth-order valence-electron chi connectivity index (χ4n) is 0.965. The van der Waals surface area contributed by atoms with Crippen molar-refractivity contribution in [3.63, 3.8) is 0 Å². The minimum atomic E-state index is 0.885. The van der Waals surface area contributed by atoms with Crippen LogP contribution in [-0.4, -0.2) is 9.78 Å². The van der Waals surface area contributed by atoms with Gasteiger partial charge in [-0.15, -0.1) is 0 Å². The van der Waals surface area contributed by atoms with Gasteiger partial charge >= 0.3 is 0 Å². The third kappa shape index (κ3) is 1.48. The molecule has 12 heavy (non-hydrogen) atoms. The predicted octanol–water partition coefficient (Wildman–Crippen LogP) is 2.23. The number of nitrogens with zero attached hydrogens (tertiary/aromatic N) is 2. The molecule has 0 aromatic carbocycles. The lowest BCUT2D eigenvalue weighted by molar-refractivity contribution is 0.771. The third-order valence-electron chi connectivity index (χ3n) is 1.51. The highest BCUT2D eigenvalue weighted by molar-refractivity contribution is 7.08. The SMILES string of the molecule is Cn1ccc(Nc2ccsc2)n1. The van der Waals surface area contributed by atoms with Crippen LogP contribution < -0.4 is 5.32 Å². The Morgan fingerprint density at radius 2 is 2.42 bits per heavy atom. The highest BCUT2D eigenvalue weighted by Crippen LogP contribution is 2.16. The molecule has 0 spiro atoms. The topological polar surface area (TPSA) is 29.9 Å². The molecular formula is C8H9N3S. The summed E-state index contributed by atoms with van der Waals surface area (Å²) in [6.45, 7) is 0. The zero-order valence-corrected chi connectivity index (χ0v) is 7.51. The number of thiophene rings is 1. The maximum atomic E-state index is 4.20. The van der Waals surface area contributed by atoms with Gasteiger partial charge in [0.05, 0.1) is 5.69 Å². The summed E-state index contributed by atoms with van der Waals surface area (Å²) in [6, 6.07) is 3.97. The zero-order chi connectivity index (χ0) is 8.39. The normalized spacial score (nSPS) is 10.1. The van der Waals surface area contributed by atoms with Crippen molar-refractivity contribution in [1.82, 2.24) is 9.78 Å². The molecule has 0 radical (unpaired) electrons. The first-order valence-corrected chi connectivity index (χ1v) is 4.58. The monoisotopic (exact) mass is 179 g/mol. The van der Waals surface area contributed by atoms with Crippen molar-refractivity contribution in [3.05, 3.63) is 29.1 Å². The van der Waals surface area contributed by atoms with Crippen LogP contribution in [0, 0.1) is 0 Å². The quantitative estimate of drug-likeness (QED) is 0.766. The molecule has 0 fully saturated rings. The minimum absolute atomic E-state index is 0.885. The van der Waals surface area contributed by atoms with E-state index in [1.165, 1.54) is 0 Å². The van der Waals surface area contributed by atoms with E-state index in [0.29, 0.717) is 0 Å². The molecule has 0 saturated heterocycles. The van der Waals surface area contributed by atoms with Gasteiger partial charge in [-0.05, 0) is 11.4 Å². The van der Waals surface area contributed by atoms with Gasteiger partial charge in [0, 0.05) is 24.7 Å². The van der Waals surface area contributed by atoms with Gasteiger partial charge in [0.15, 0.2) is 5.82 Å². The summed E-state index contributed by atoms with van der Waals surface area (Å²) in [6.07, 6.45) is 1.91. The van der Waals surface area contributed by atoms with Crippen LogP contribution in [0.3, 0.4) is 0 Å². The van der Waals surface area contributed by atoms with Gasteiger partial charge in [0.25, 0.3) is 0 Å². The van der Waals surface area contributed by atoms with Crippen LogP contribution in [0.15, 0.2) is 29.1 Å². The Kier molecular flexibility index (Phi) is 1.83. The second kappa shape index (κ2) is 2.98. The van der Waals surface area contributed by atoms with E-state index >= 15 is 0 Å². The van der Waals surface area contributed by atoms with Gasteiger partial charge in [-0.2, -0.15) is 16.4 Å². The summed E-state index contributed by atoms with van der Waals surface area (Å²) in [7, 11) is 1.90. The van der Waals surface area contributed by atoms with Crippen LogP contribution in [0.5, 0.6) is 0 Å². The fourth-order valence-corrected chi connectivity index (χ4v) is 1.55. The van der Waals surface area contributed by atoms with Gasteiger partial charge in [0.2, 0.25) is 0 Å². The lowest BCUT2D eigenvalue weighted by Crippen LogP contribution is -1.91. The van der Waals surface area contributed by atoms with E-state index < -0.39 is 0 Å². The largest absolute Gasteiger partial charge is 0.338 e. The van der Waals surface area contributed by atoms with E-state index in [1.807, 2.05) is 30.8 Å². The summed E-state index contributed by atoms with van der Waals surface area (Å²) in [4.78, 5) is 0. The first kappa shape index (κ1) is 7.36. The Hall–Kier alpha value is -1.29. The second-order valence-electron chi connectivity index (χ2n) is 2.51. The van der Waals surface area contributed by atoms with Gasteiger partial charge in [0.1, 0.15) is 0 Å². The summed E-state index contributed by atoms with van der Waals surface area (Å²) >= 11 is 1.67. The summed E-state index contributed by atoms with van der Waals surface area (Å²) in [5, 5.41) is 11.5. The predicted molar refractivity (Wildman–Crippen MR) is 50.8 cm³/mol. The third-order valence-corrected chi connectivity index (χ3v) is 2.19. The maximum absolute atomic E-state index is 4.20. The minimum Gasteiger partial charge on any atom is -0.338 e. The molecule has 0 bridgehead atoms. The van der Waals surface area contributed by atoms with Crippen molar-refractivity contribution >= 4 is 22.8 Å². The Balaban J connectivity index is 2.14. The lowest BCUT2D eigenvalue weighted by Gasteiger charge is -1.96. The van der Waals surface area contributed by atoms with E-state index in [9.17, 15) is 0 Å². The Morgan fingerprint density at radius 1 is 1.50 bits per heavy atom. The molecule has 2 rings (SSSR count). The van der Waals surface area contributed by atoms with Gasteiger partial charge in [-0.3, -0.25) is 4.68 Å². The van der Waals surface area contributed by atoms with Crippen LogP contribution in [0.25, 0.3) is 0 Å². The molecule has 1 N–H and O–H groups in total. The van der Waals surface area contributed by atoms with E-state index in [0.717, 1.165) is 11.5 Å². The van der Waals surface area contributed by atoms with Crippen LogP contribution in [0.1, 0.15) is 0 Å². The van der Waals surface area contributed by atoms with Gasteiger partial charge < -0.3 is 5.32 Å². The second-order valence-corrected chi connectivity index (χ2v) is 3.29. The van der Waals surface area contributed by atoms with E-state index in [4.69, 9.17) is 0 Å². The van der Waals surface area contributed by atoms with Crippen molar-refractivity contribution in [3.8, 4) is 0 Å². The zero-order valence-electron chi connectivity index (χ0n) is 6.69. The molecule has 0 amide bonds. The highest BCUT2D eigenvalue weighted by atomic mass is 32.1. The van der Waals surface area contributed by atoms with Crippen molar-refractivity contribution in [1.29, 1.82) is 0 Å². The molecule has 0 saturated carbocycles. The van der Waals surface area contributed by atoms with Crippen LogP contribution in [-0.2, 0) is 7.05 Å². The first-order chi connectivity index (χ1) is 5.84. The standard InChI is InChI=1S/C8H9N3S/c1-11-4-2-8(10-11)9-7-3-5-12-6-7/h2-6H,1H3,(H,9,10). The lowest BCUT2D eigenvalue weighted by atomic mass is 10.5. The van der Waals surface area contributed by atoms with Crippen molar-refractivity contribution < 1.29 is 0 Å². The molecule has 3 nitrogen and oxygen atoms in total. The first-order valence-electron chi connectivity index (χ1n) is 3.63. The summed E-state index contributed by atoms with van der Waals surface area (Å²) in [5.74, 6) is 0.885. The van der Waals surface area contributed by atoms with Crippen LogP contribution in [0.4, 0.5) is 11.5 Å². The van der Waals surface area contributed by atoms with Crippen molar-refractivity contribution in [2.24, 2.45) is 7.05 Å². The Labute approximate surface area is 74.7 Å². The summed E-state index contributed by atoms with van der Waals surface area (Å²) < 4.78 is 1.77. The van der Waals surface area contributed by atoms with Gasteiger partial charge in [-0.1, -0.05) is 0 Å². The number of rotatable bonds is 2. The molecule has 4 heteroatoms. The number of aryl methyl sites for hydroxylation is 1. The molecule has 2 aromatic rings. The maximum Gasteiger partial charge on any atom is 0.152 e. The molecule has 62 valence electrons. The Bertz CT molecular complexity index is 350. The van der Waals surface area contributed by atoms with Crippen LogP contribution >= 0.6 is 11.3 Å². The highest BCUT2D eigenvalue weighted by Gasteiger charge is 1.96. The molecule has 2 heterocycles. The number of aromatic nitrogens is 2. The molecule has 0 unspecified atom stereocenters. The van der Waals surface area contributed by atoms with E-state index in [2.05, 4.69) is 15.8 Å². The molecule has 2 aromatic heterocycles. The van der Waals surface area contributed by atoms with Gasteiger partial charge in [-0.25, -0.2) is 0 Å².